The number of ether oxygens (including phenoxy) is 1. The van der Waals surface area contributed by atoms with E-state index in [0.717, 1.165) is 62.7 Å². The Kier molecular flexibility index (Phi) is 8.35. The summed E-state index contributed by atoms with van der Waals surface area (Å²) in [5.74, 6) is -0.179. The molecular formula is C23H34N2O5S. The Morgan fingerprint density at radius 3 is 2.29 bits per heavy atom. The van der Waals surface area contributed by atoms with Crippen LogP contribution >= 0.6 is 0 Å². The molecule has 0 spiro atoms. The third-order valence-electron chi connectivity index (χ3n) is 6.37. The Morgan fingerprint density at radius 2 is 1.71 bits per heavy atom. The van der Waals surface area contributed by atoms with Crippen LogP contribution in [0.2, 0.25) is 0 Å². The van der Waals surface area contributed by atoms with Gasteiger partial charge in [-0.05, 0) is 49.3 Å². The lowest BCUT2D eigenvalue weighted by Crippen LogP contribution is -2.52. The van der Waals surface area contributed by atoms with E-state index in [-0.39, 0.29) is 35.8 Å². The first-order chi connectivity index (χ1) is 14.9. The van der Waals surface area contributed by atoms with E-state index in [9.17, 15) is 18.0 Å². The molecule has 1 atom stereocenters. The minimum absolute atomic E-state index is 0.0918. The number of carbonyl (C=O) groups excluding carboxylic acids is 2. The molecule has 8 heteroatoms. The summed E-state index contributed by atoms with van der Waals surface area (Å²) in [7, 11) is -1.89. The van der Waals surface area contributed by atoms with Crippen LogP contribution in [0.1, 0.15) is 56.9 Å². The van der Waals surface area contributed by atoms with E-state index < -0.39 is 21.8 Å². The van der Waals surface area contributed by atoms with Crippen LogP contribution in [-0.2, 0) is 26.0 Å². The first-order valence-corrected chi connectivity index (χ1v) is 13.1. The predicted molar refractivity (Wildman–Crippen MR) is 119 cm³/mol. The number of hydrogen-bond acceptors (Lipinski definition) is 5. The van der Waals surface area contributed by atoms with Crippen LogP contribution in [0.25, 0.3) is 0 Å². The maximum Gasteiger partial charge on any atom is 0.243 e. The van der Waals surface area contributed by atoms with Crippen molar-refractivity contribution in [3.05, 3.63) is 29.8 Å². The molecule has 0 radical (unpaired) electrons. The number of nitrogens with one attached hydrogen (secondary N) is 2. The largest absolute Gasteiger partial charge is 0.497 e. The SMILES string of the molecule is COc1ccc(CNC(=O)C(CS(=O)(=O)CC2CCCCC2)NC(=O)C2CCC2)cc1. The second-order valence-electron chi connectivity index (χ2n) is 8.84. The van der Waals surface area contributed by atoms with Crippen LogP contribution < -0.4 is 15.4 Å². The Bertz CT molecular complexity index is 843. The molecule has 0 aliphatic heterocycles. The molecule has 0 heterocycles. The fourth-order valence-electron chi connectivity index (χ4n) is 4.23. The standard InChI is InChI=1S/C23H34N2O5S/c1-30-20-12-10-17(11-13-20)14-24-23(27)21(25-22(26)19-8-5-9-19)16-31(28,29)15-18-6-3-2-4-7-18/h10-13,18-19,21H,2-9,14-16H2,1H3,(H,24,27)(H,25,26). The van der Waals surface area contributed by atoms with Crippen molar-refractivity contribution in [3.63, 3.8) is 0 Å². The van der Waals surface area contributed by atoms with Gasteiger partial charge in [-0.25, -0.2) is 8.42 Å². The van der Waals surface area contributed by atoms with Crippen LogP contribution in [0, 0.1) is 11.8 Å². The predicted octanol–water partition coefficient (Wildman–Crippen LogP) is 2.59. The van der Waals surface area contributed by atoms with E-state index in [0.29, 0.717) is 0 Å². The van der Waals surface area contributed by atoms with Gasteiger partial charge in [0.15, 0.2) is 9.84 Å². The number of amides is 2. The minimum atomic E-state index is -3.47. The average molecular weight is 451 g/mol. The zero-order valence-electron chi connectivity index (χ0n) is 18.3. The van der Waals surface area contributed by atoms with Gasteiger partial charge in [-0.15, -0.1) is 0 Å². The summed E-state index contributed by atoms with van der Waals surface area (Å²) in [4.78, 5) is 25.3. The van der Waals surface area contributed by atoms with E-state index in [1.807, 2.05) is 12.1 Å². The molecular weight excluding hydrogens is 416 g/mol. The summed E-state index contributed by atoms with van der Waals surface area (Å²) in [5.41, 5.74) is 0.864. The zero-order valence-corrected chi connectivity index (χ0v) is 19.1. The monoisotopic (exact) mass is 450 g/mol. The van der Waals surface area contributed by atoms with Gasteiger partial charge in [-0.2, -0.15) is 0 Å². The Morgan fingerprint density at radius 1 is 1.03 bits per heavy atom. The molecule has 2 fully saturated rings. The minimum Gasteiger partial charge on any atom is -0.497 e. The highest BCUT2D eigenvalue weighted by Gasteiger charge is 2.33. The smallest absolute Gasteiger partial charge is 0.243 e. The number of benzene rings is 1. The fraction of sp³-hybridized carbons (Fsp3) is 0.652. The van der Waals surface area contributed by atoms with Gasteiger partial charge in [-0.1, -0.05) is 37.8 Å². The summed E-state index contributed by atoms with van der Waals surface area (Å²) in [6.45, 7) is 0.251. The highest BCUT2D eigenvalue weighted by Crippen LogP contribution is 2.27. The molecule has 2 aliphatic carbocycles. The van der Waals surface area contributed by atoms with Crippen molar-refractivity contribution in [2.45, 2.75) is 64.0 Å². The molecule has 0 saturated heterocycles. The molecule has 2 N–H and O–H groups in total. The van der Waals surface area contributed by atoms with E-state index in [2.05, 4.69) is 10.6 Å². The number of methoxy groups -OCH3 is 1. The first-order valence-electron chi connectivity index (χ1n) is 11.3. The van der Waals surface area contributed by atoms with Crippen molar-refractivity contribution in [2.24, 2.45) is 11.8 Å². The second kappa shape index (κ2) is 11.0. The molecule has 2 aliphatic rings. The van der Waals surface area contributed by atoms with Gasteiger partial charge in [-0.3, -0.25) is 9.59 Å². The van der Waals surface area contributed by atoms with E-state index in [1.165, 1.54) is 0 Å². The normalized spacial score (nSPS) is 18.6. The van der Waals surface area contributed by atoms with Gasteiger partial charge in [0.1, 0.15) is 11.8 Å². The van der Waals surface area contributed by atoms with Crippen molar-refractivity contribution in [2.75, 3.05) is 18.6 Å². The van der Waals surface area contributed by atoms with E-state index in [4.69, 9.17) is 4.74 Å². The van der Waals surface area contributed by atoms with Gasteiger partial charge in [0, 0.05) is 12.5 Å². The highest BCUT2D eigenvalue weighted by atomic mass is 32.2. The van der Waals surface area contributed by atoms with Gasteiger partial charge in [0.2, 0.25) is 11.8 Å². The Balaban J connectivity index is 1.62. The molecule has 0 bridgehead atoms. The summed E-state index contributed by atoms with van der Waals surface area (Å²) in [5, 5.41) is 5.50. The van der Waals surface area contributed by atoms with E-state index in [1.54, 1.807) is 19.2 Å². The number of sulfone groups is 1. The van der Waals surface area contributed by atoms with Gasteiger partial charge in [0.25, 0.3) is 0 Å². The highest BCUT2D eigenvalue weighted by molar-refractivity contribution is 7.91. The molecule has 2 amide bonds. The molecule has 0 aromatic heterocycles. The molecule has 3 rings (SSSR count). The quantitative estimate of drug-likeness (QED) is 0.571. The van der Waals surface area contributed by atoms with Crippen molar-refractivity contribution in [1.82, 2.24) is 10.6 Å². The van der Waals surface area contributed by atoms with Crippen molar-refractivity contribution < 1.29 is 22.7 Å². The summed E-state index contributed by atoms with van der Waals surface area (Å²) in [6.07, 6.45) is 7.69. The molecule has 2 saturated carbocycles. The van der Waals surface area contributed by atoms with Gasteiger partial charge < -0.3 is 15.4 Å². The Labute approximate surface area is 185 Å². The van der Waals surface area contributed by atoms with Gasteiger partial charge >= 0.3 is 0 Å². The van der Waals surface area contributed by atoms with Crippen LogP contribution in [-0.4, -0.2) is 44.9 Å². The lowest BCUT2D eigenvalue weighted by molar-refractivity contribution is -0.132. The number of rotatable bonds is 10. The average Bonchev–Trinajstić information content (AvgIpc) is 2.70. The van der Waals surface area contributed by atoms with Crippen LogP contribution in [0.5, 0.6) is 5.75 Å². The molecule has 1 aromatic rings. The molecule has 1 unspecified atom stereocenters. The molecule has 172 valence electrons. The van der Waals surface area contributed by atoms with Crippen LogP contribution in [0.15, 0.2) is 24.3 Å². The molecule has 1 aromatic carbocycles. The lowest BCUT2D eigenvalue weighted by atomic mass is 9.84. The third-order valence-corrected chi connectivity index (χ3v) is 8.19. The van der Waals surface area contributed by atoms with E-state index >= 15 is 0 Å². The third kappa shape index (κ3) is 7.23. The summed E-state index contributed by atoms with van der Waals surface area (Å²) < 4.78 is 30.8. The maximum atomic E-state index is 12.9. The van der Waals surface area contributed by atoms with Crippen LogP contribution in [0.4, 0.5) is 0 Å². The maximum absolute atomic E-state index is 12.9. The Hall–Kier alpha value is -2.09. The topological polar surface area (TPSA) is 102 Å². The van der Waals surface area contributed by atoms with Crippen LogP contribution in [0.3, 0.4) is 0 Å². The van der Waals surface area contributed by atoms with Crippen molar-refractivity contribution >= 4 is 21.7 Å². The van der Waals surface area contributed by atoms with Crippen molar-refractivity contribution in [1.29, 1.82) is 0 Å². The number of carbonyl (C=O) groups is 2. The number of hydrogen-bond donors (Lipinski definition) is 2. The fourth-order valence-corrected chi connectivity index (χ4v) is 6.16. The lowest BCUT2D eigenvalue weighted by Gasteiger charge is -2.27. The molecule has 7 nitrogen and oxygen atoms in total. The first kappa shape index (κ1) is 23.6. The molecule has 31 heavy (non-hydrogen) atoms. The summed E-state index contributed by atoms with van der Waals surface area (Å²) >= 11 is 0. The van der Waals surface area contributed by atoms with Crippen molar-refractivity contribution in [3.8, 4) is 5.75 Å². The summed E-state index contributed by atoms with van der Waals surface area (Å²) in [6, 6.07) is 6.19. The second-order valence-corrected chi connectivity index (χ2v) is 11.0. The van der Waals surface area contributed by atoms with Gasteiger partial charge in [0.05, 0.1) is 18.6 Å². The zero-order chi connectivity index (χ0) is 22.3.